The van der Waals surface area contributed by atoms with Gasteiger partial charge in [-0.1, -0.05) is 113 Å². The van der Waals surface area contributed by atoms with Gasteiger partial charge in [0.25, 0.3) is 0 Å². The minimum absolute atomic E-state index is 0.00651. The van der Waals surface area contributed by atoms with Crippen LogP contribution in [0.1, 0.15) is 100 Å². The number of hydrogen-bond acceptors (Lipinski definition) is 8. The Balaban J connectivity index is 1.18. The molecule has 4 aromatic carbocycles. The number of hydrogen-bond donors (Lipinski definition) is 2. The summed E-state index contributed by atoms with van der Waals surface area (Å²) in [5.74, 6) is -0.738. The highest BCUT2D eigenvalue weighted by Gasteiger charge is 2.48. The lowest BCUT2D eigenvalue weighted by molar-refractivity contribution is -0.121. The number of aromatic nitrogens is 2. The maximum Gasteiger partial charge on any atom is 0.219 e. The summed E-state index contributed by atoms with van der Waals surface area (Å²) in [6.45, 7) is 2.71. The summed E-state index contributed by atoms with van der Waals surface area (Å²) >= 11 is 0. The fourth-order valence-corrected chi connectivity index (χ4v) is 7.99. The molecule has 10 nitrogen and oxygen atoms in total. The third-order valence-electron chi connectivity index (χ3n) is 11.3. The Labute approximate surface area is 352 Å². The van der Waals surface area contributed by atoms with Crippen LogP contribution in [0.2, 0.25) is 0 Å². The lowest BCUT2D eigenvalue weighted by Crippen LogP contribution is -2.40. The highest BCUT2D eigenvalue weighted by Crippen LogP contribution is 2.43. The number of methoxy groups -OCH3 is 2. The first kappa shape index (κ1) is 44.7. The number of aliphatic hydroxyl groups excluding tert-OH is 1. The number of fused-ring (bicyclic) bond motifs is 1. The van der Waals surface area contributed by atoms with Gasteiger partial charge in [0.1, 0.15) is 40.9 Å². The number of benzene rings is 4. The molecule has 5 aromatic rings. The van der Waals surface area contributed by atoms with E-state index in [4.69, 9.17) is 23.7 Å². The fraction of sp³-hybridized carbons (Fsp3) is 0.458. The summed E-state index contributed by atoms with van der Waals surface area (Å²) in [5.41, 5.74) is 1.36. The summed E-state index contributed by atoms with van der Waals surface area (Å²) in [5, 5.41) is 15.0. The quantitative estimate of drug-likeness (QED) is 0.0468. The number of carbonyl (C=O) groups is 1. The summed E-state index contributed by atoms with van der Waals surface area (Å²) in [6.07, 6.45) is 8.94. The van der Waals surface area contributed by atoms with Crippen molar-refractivity contribution >= 4 is 16.9 Å². The van der Waals surface area contributed by atoms with Crippen molar-refractivity contribution in [3.8, 4) is 11.5 Å². The number of nitrogens with zero attached hydrogens (tertiary/aromatic N) is 2. The summed E-state index contributed by atoms with van der Waals surface area (Å²) < 4.78 is 61.6. The number of rotatable bonds is 24. The molecule has 60 heavy (non-hydrogen) atoms. The molecule has 1 aromatic heterocycles. The van der Waals surface area contributed by atoms with Crippen LogP contribution >= 0.6 is 0 Å². The van der Waals surface area contributed by atoms with E-state index >= 15 is 0 Å². The molecule has 2 N–H and O–H groups in total. The van der Waals surface area contributed by atoms with Crippen molar-refractivity contribution in [3.63, 3.8) is 0 Å². The third kappa shape index (κ3) is 10.7. The van der Waals surface area contributed by atoms with Crippen molar-refractivity contribution < 1.29 is 42.4 Å². The normalized spacial score (nSPS) is 17.9. The smallest absolute Gasteiger partial charge is 0.219 e. The molecule has 0 bridgehead atoms. The summed E-state index contributed by atoms with van der Waals surface area (Å²) in [4.78, 5) is 16.7. The van der Waals surface area contributed by atoms with Crippen LogP contribution in [-0.2, 0) is 24.6 Å². The first-order chi connectivity index (χ1) is 29.3. The number of amides is 1. The van der Waals surface area contributed by atoms with Gasteiger partial charge in [-0.25, -0.2) is 13.8 Å². The number of unbranched alkanes of at least 4 members (excludes halogenated alkanes) is 8. The first-order valence-electron chi connectivity index (χ1n) is 21.3. The van der Waals surface area contributed by atoms with Gasteiger partial charge in [-0.3, -0.25) is 4.79 Å². The molecular formula is C48H59F2N3O7. The molecule has 4 atom stereocenters. The number of aliphatic hydroxyl groups is 1. The largest absolute Gasteiger partial charge is 0.497 e. The molecule has 6 rings (SSSR count). The van der Waals surface area contributed by atoms with E-state index in [1.54, 1.807) is 18.8 Å². The molecule has 0 aliphatic carbocycles. The second-order valence-electron chi connectivity index (χ2n) is 15.4. The van der Waals surface area contributed by atoms with Gasteiger partial charge in [0.05, 0.1) is 32.7 Å². The molecule has 12 heteroatoms. The van der Waals surface area contributed by atoms with Gasteiger partial charge in [-0.05, 0) is 65.9 Å². The minimum atomic E-state index is -1.21. The van der Waals surface area contributed by atoms with Gasteiger partial charge < -0.3 is 38.7 Å². The standard InChI is InChI=1S/C48H59F2N3O7/c1-4-5-6-7-8-9-10-11-15-19-42(54)51-30-16-31-58-46-45(55)41(60-47(46)53-33-52-44-40(53)29-28-39(49)43(44)50)32-59-48(34-17-13-12-14-18-34,35-20-24-37(56-2)25-21-35)36-22-26-38(57-3)27-23-36/h12-14,17-18,20-29,33,41,45-47,55H,4-11,15-16,19,30-32H2,1-3H3,(H,51,54)/t41-,45-,46-,47-/m1/s1. The van der Waals surface area contributed by atoms with Crippen LogP contribution in [0.3, 0.4) is 0 Å². The second kappa shape index (κ2) is 22.1. The SMILES string of the molecule is CCCCCCCCCCCC(=O)NCCCO[C@@H]1[C@H](O)[C@@H](COC(c2ccccc2)(c2ccc(OC)cc2)c2ccc(OC)cc2)O[C@H]1n1cnc2c(F)c(F)ccc21. The molecule has 1 amide bonds. The van der Waals surface area contributed by atoms with Crippen LogP contribution in [0.25, 0.3) is 11.0 Å². The van der Waals surface area contributed by atoms with E-state index in [0.717, 1.165) is 42.0 Å². The monoisotopic (exact) mass is 827 g/mol. The molecule has 1 fully saturated rings. The lowest BCUT2D eigenvalue weighted by atomic mass is 9.80. The number of nitrogens with one attached hydrogen (secondary N) is 1. The van der Waals surface area contributed by atoms with Crippen LogP contribution in [0.15, 0.2) is 97.3 Å². The summed E-state index contributed by atoms with van der Waals surface area (Å²) in [6, 6.07) is 27.5. The first-order valence-corrected chi connectivity index (χ1v) is 21.3. The number of carbonyl (C=O) groups excluding carboxylic acids is 1. The molecule has 1 saturated heterocycles. The van der Waals surface area contributed by atoms with E-state index in [-0.39, 0.29) is 30.2 Å². The number of halogens is 2. The number of imidazole rings is 1. The zero-order valence-electron chi connectivity index (χ0n) is 35.0. The molecule has 0 unspecified atom stereocenters. The maximum absolute atomic E-state index is 14.9. The van der Waals surface area contributed by atoms with Crippen molar-refractivity contribution in [3.05, 3.63) is 126 Å². The average molecular weight is 828 g/mol. The van der Waals surface area contributed by atoms with E-state index in [9.17, 15) is 18.7 Å². The van der Waals surface area contributed by atoms with E-state index in [0.29, 0.717) is 30.9 Å². The fourth-order valence-electron chi connectivity index (χ4n) is 7.99. The van der Waals surface area contributed by atoms with Gasteiger partial charge in [-0.2, -0.15) is 0 Å². The highest BCUT2D eigenvalue weighted by atomic mass is 19.2. The second-order valence-corrected chi connectivity index (χ2v) is 15.4. The highest BCUT2D eigenvalue weighted by molar-refractivity contribution is 5.76. The maximum atomic E-state index is 14.9. The Kier molecular flexibility index (Phi) is 16.5. The van der Waals surface area contributed by atoms with E-state index in [1.165, 1.54) is 50.9 Å². The molecular weight excluding hydrogens is 769 g/mol. The zero-order valence-corrected chi connectivity index (χ0v) is 35.0. The van der Waals surface area contributed by atoms with Crippen molar-refractivity contribution in [1.29, 1.82) is 0 Å². The van der Waals surface area contributed by atoms with Crippen molar-refractivity contribution in [2.75, 3.05) is 34.0 Å². The van der Waals surface area contributed by atoms with Crippen LogP contribution < -0.4 is 14.8 Å². The van der Waals surface area contributed by atoms with Crippen molar-refractivity contribution in [2.24, 2.45) is 0 Å². The minimum Gasteiger partial charge on any atom is -0.497 e. The predicted molar refractivity (Wildman–Crippen MR) is 227 cm³/mol. The molecule has 0 spiro atoms. The van der Waals surface area contributed by atoms with Crippen LogP contribution in [0.4, 0.5) is 8.78 Å². The van der Waals surface area contributed by atoms with Crippen molar-refractivity contribution in [1.82, 2.24) is 14.9 Å². The van der Waals surface area contributed by atoms with Crippen molar-refractivity contribution in [2.45, 2.75) is 108 Å². The number of ether oxygens (including phenoxy) is 5. The molecule has 0 saturated carbocycles. The van der Waals surface area contributed by atoms with E-state index in [2.05, 4.69) is 17.2 Å². The predicted octanol–water partition coefficient (Wildman–Crippen LogP) is 9.41. The average Bonchev–Trinajstić information content (AvgIpc) is 3.85. The summed E-state index contributed by atoms with van der Waals surface area (Å²) in [7, 11) is 3.22. The Morgan fingerprint density at radius 2 is 1.40 bits per heavy atom. The Hall–Kier alpha value is -4.88. The Morgan fingerprint density at radius 1 is 0.800 bits per heavy atom. The van der Waals surface area contributed by atoms with Gasteiger partial charge in [-0.15, -0.1) is 0 Å². The third-order valence-corrected chi connectivity index (χ3v) is 11.3. The lowest BCUT2D eigenvalue weighted by Gasteiger charge is -2.37. The van der Waals surface area contributed by atoms with Gasteiger partial charge in [0, 0.05) is 19.6 Å². The van der Waals surface area contributed by atoms with Gasteiger partial charge in [0.15, 0.2) is 17.9 Å². The van der Waals surface area contributed by atoms with Crippen LogP contribution in [-0.4, -0.2) is 72.9 Å². The molecule has 1 aliphatic heterocycles. The molecule has 0 radical (unpaired) electrons. The van der Waals surface area contributed by atoms with E-state index in [1.807, 2.05) is 78.9 Å². The van der Waals surface area contributed by atoms with Gasteiger partial charge >= 0.3 is 0 Å². The van der Waals surface area contributed by atoms with Crippen LogP contribution in [0, 0.1) is 11.6 Å². The molecule has 322 valence electrons. The van der Waals surface area contributed by atoms with E-state index < -0.39 is 41.8 Å². The van der Waals surface area contributed by atoms with Crippen LogP contribution in [0.5, 0.6) is 11.5 Å². The van der Waals surface area contributed by atoms with Gasteiger partial charge in [0.2, 0.25) is 5.91 Å². The zero-order chi connectivity index (χ0) is 42.3. The Bertz CT molecular complexity index is 2020. The Morgan fingerprint density at radius 3 is 2.02 bits per heavy atom. The molecule has 1 aliphatic rings. The molecule has 2 heterocycles. The topological polar surface area (TPSA) is 113 Å².